The van der Waals surface area contributed by atoms with Crippen molar-refractivity contribution in [3.8, 4) is 0 Å². The average Bonchev–Trinajstić information content (AvgIpc) is 2.69. The van der Waals surface area contributed by atoms with Gasteiger partial charge in [-0.2, -0.15) is 0 Å². The van der Waals surface area contributed by atoms with Crippen molar-refractivity contribution >= 4 is 33.2 Å². The van der Waals surface area contributed by atoms with E-state index < -0.39 is 5.97 Å². The van der Waals surface area contributed by atoms with Crippen LogP contribution < -0.4 is 0 Å². The predicted molar refractivity (Wildman–Crippen MR) is 62.8 cm³/mol. The van der Waals surface area contributed by atoms with Crippen LogP contribution in [-0.2, 0) is 9.53 Å². The van der Waals surface area contributed by atoms with Gasteiger partial charge in [-0.15, -0.1) is 11.3 Å². The van der Waals surface area contributed by atoms with E-state index in [0.717, 1.165) is 10.1 Å². The van der Waals surface area contributed by atoms with Crippen LogP contribution in [0.25, 0.3) is 10.1 Å². The molecule has 0 fully saturated rings. The fourth-order valence-corrected chi connectivity index (χ4v) is 2.40. The van der Waals surface area contributed by atoms with Crippen LogP contribution in [0.2, 0.25) is 0 Å². The Balaban J connectivity index is 2.26. The lowest BCUT2D eigenvalue weighted by Crippen LogP contribution is -2.11. The first-order valence-corrected chi connectivity index (χ1v) is 5.69. The summed E-state index contributed by atoms with van der Waals surface area (Å²) in [5.74, 6) is -0.597. The van der Waals surface area contributed by atoms with E-state index in [-0.39, 0.29) is 12.4 Å². The van der Waals surface area contributed by atoms with Crippen LogP contribution in [0.5, 0.6) is 0 Å². The summed E-state index contributed by atoms with van der Waals surface area (Å²) >= 11 is 1.52. The Morgan fingerprint density at radius 3 is 2.81 bits per heavy atom. The molecule has 0 spiro atoms. The number of hydrogen-bond acceptors (Lipinski definition) is 4. The predicted octanol–water partition coefficient (Wildman–Crippen LogP) is 2.65. The largest absolute Gasteiger partial charge is 0.457 e. The van der Waals surface area contributed by atoms with E-state index >= 15 is 0 Å². The Morgan fingerprint density at radius 1 is 1.31 bits per heavy atom. The minimum Gasteiger partial charge on any atom is -0.457 e. The Bertz CT molecular complexity index is 542. The summed E-state index contributed by atoms with van der Waals surface area (Å²) in [6.07, 6.45) is 0. The summed E-state index contributed by atoms with van der Waals surface area (Å²) in [5.41, 5.74) is 0.627. The van der Waals surface area contributed by atoms with Crippen molar-refractivity contribution in [2.75, 3.05) is 6.61 Å². The topological polar surface area (TPSA) is 43.4 Å². The molecule has 0 aliphatic rings. The molecule has 2 aromatic rings. The zero-order valence-electron chi connectivity index (χ0n) is 8.73. The van der Waals surface area contributed by atoms with Gasteiger partial charge in [0.25, 0.3) is 0 Å². The molecule has 0 bridgehead atoms. The van der Waals surface area contributed by atoms with Gasteiger partial charge in [-0.3, -0.25) is 9.59 Å². The first kappa shape index (κ1) is 10.8. The van der Waals surface area contributed by atoms with Gasteiger partial charge < -0.3 is 4.74 Å². The van der Waals surface area contributed by atoms with Gasteiger partial charge in [0.1, 0.15) is 0 Å². The average molecular weight is 234 g/mol. The summed E-state index contributed by atoms with van der Waals surface area (Å²) in [6.45, 7) is 1.11. The number of rotatable bonds is 3. The number of carbonyl (C=O) groups is 2. The molecule has 0 atom stereocenters. The molecule has 0 amide bonds. The lowest BCUT2D eigenvalue weighted by atomic mass is 10.1. The van der Waals surface area contributed by atoms with Crippen LogP contribution in [0.1, 0.15) is 17.3 Å². The molecule has 3 nitrogen and oxygen atoms in total. The zero-order valence-corrected chi connectivity index (χ0v) is 9.54. The van der Waals surface area contributed by atoms with E-state index in [9.17, 15) is 9.59 Å². The second-order valence-corrected chi connectivity index (χ2v) is 4.26. The molecule has 1 aromatic heterocycles. The summed E-state index contributed by atoms with van der Waals surface area (Å²) in [7, 11) is 0. The van der Waals surface area contributed by atoms with Gasteiger partial charge in [0.05, 0.1) is 0 Å². The standard InChI is InChI=1S/C12H10O3S/c1-8(13)15-6-11(14)10-7-16-12-5-3-2-4-9(10)12/h2-5,7H,6H2,1H3. The molecule has 0 radical (unpaired) electrons. The molecule has 2 rings (SSSR count). The highest BCUT2D eigenvalue weighted by molar-refractivity contribution is 7.17. The summed E-state index contributed by atoms with van der Waals surface area (Å²) in [5, 5.41) is 2.72. The number of benzene rings is 1. The maximum absolute atomic E-state index is 11.8. The van der Waals surface area contributed by atoms with E-state index in [0.29, 0.717) is 5.56 Å². The number of ketones is 1. The molecular weight excluding hydrogens is 224 g/mol. The number of fused-ring (bicyclic) bond motifs is 1. The van der Waals surface area contributed by atoms with Crippen LogP contribution in [-0.4, -0.2) is 18.4 Å². The normalized spacial score (nSPS) is 10.3. The third-order valence-corrected chi connectivity index (χ3v) is 3.15. The number of carbonyl (C=O) groups excluding carboxylic acids is 2. The highest BCUT2D eigenvalue weighted by atomic mass is 32.1. The SMILES string of the molecule is CC(=O)OCC(=O)c1csc2ccccc12. The number of thiophene rings is 1. The van der Waals surface area contributed by atoms with Gasteiger partial charge in [0.15, 0.2) is 6.61 Å². The quantitative estimate of drug-likeness (QED) is 0.605. The van der Waals surface area contributed by atoms with Crippen molar-refractivity contribution in [3.63, 3.8) is 0 Å². The highest BCUT2D eigenvalue weighted by Crippen LogP contribution is 2.25. The molecule has 0 unspecified atom stereocenters. The highest BCUT2D eigenvalue weighted by Gasteiger charge is 2.12. The van der Waals surface area contributed by atoms with Crippen molar-refractivity contribution in [1.82, 2.24) is 0 Å². The minimum atomic E-state index is -0.437. The fourth-order valence-electron chi connectivity index (χ4n) is 1.44. The number of Topliss-reactive ketones (excluding diaryl/α,β-unsaturated/α-hetero) is 1. The van der Waals surface area contributed by atoms with Crippen LogP contribution in [0.4, 0.5) is 0 Å². The molecule has 0 aliphatic heterocycles. The summed E-state index contributed by atoms with van der Waals surface area (Å²) in [4.78, 5) is 22.4. The first-order valence-electron chi connectivity index (χ1n) is 4.81. The Labute approximate surface area is 96.6 Å². The molecule has 82 valence electrons. The summed E-state index contributed by atoms with van der Waals surface area (Å²) in [6, 6.07) is 7.67. The smallest absolute Gasteiger partial charge is 0.303 e. The number of ether oxygens (including phenoxy) is 1. The maximum atomic E-state index is 11.8. The second-order valence-electron chi connectivity index (χ2n) is 3.35. The maximum Gasteiger partial charge on any atom is 0.303 e. The molecular formula is C12H10O3S. The van der Waals surface area contributed by atoms with Crippen molar-refractivity contribution in [3.05, 3.63) is 35.2 Å². The molecule has 0 aliphatic carbocycles. The van der Waals surface area contributed by atoms with Crippen molar-refractivity contribution in [2.45, 2.75) is 6.92 Å². The van der Waals surface area contributed by atoms with E-state index in [4.69, 9.17) is 4.74 Å². The third kappa shape index (κ3) is 2.12. The Morgan fingerprint density at radius 2 is 2.06 bits per heavy atom. The van der Waals surface area contributed by atoms with E-state index in [1.165, 1.54) is 18.3 Å². The van der Waals surface area contributed by atoms with E-state index in [1.54, 1.807) is 5.38 Å². The van der Waals surface area contributed by atoms with Gasteiger partial charge in [0, 0.05) is 28.0 Å². The Hall–Kier alpha value is -1.68. The third-order valence-electron chi connectivity index (χ3n) is 2.19. The fraction of sp³-hybridized carbons (Fsp3) is 0.167. The van der Waals surface area contributed by atoms with Crippen LogP contribution >= 0.6 is 11.3 Å². The lowest BCUT2D eigenvalue weighted by Gasteiger charge is -2.00. The molecule has 0 saturated heterocycles. The minimum absolute atomic E-state index is 0.160. The van der Waals surface area contributed by atoms with Gasteiger partial charge in [-0.05, 0) is 6.07 Å². The molecule has 4 heteroatoms. The van der Waals surface area contributed by atoms with Crippen molar-refractivity contribution < 1.29 is 14.3 Å². The molecule has 1 heterocycles. The van der Waals surface area contributed by atoms with Crippen LogP contribution in [0.15, 0.2) is 29.6 Å². The summed E-state index contributed by atoms with van der Waals surface area (Å²) < 4.78 is 5.76. The van der Waals surface area contributed by atoms with Crippen LogP contribution in [0.3, 0.4) is 0 Å². The van der Waals surface area contributed by atoms with E-state index in [2.05, 4.69) is 0 Å². The van der Waals surface area contributed by atoms with Gasteiger partial charge in [-0.25, -0.2) is 0 Å². The molecule has 16 heavy (non-hydrogen) atoms. The van der Waals surface area contributed by atoms with E-state index in [1.807, 2.05) is 24.3 Å². The molecule has 0 saturated carbocycles. The van der Waals surface area contributed by atoms with Gasteiger partial charge >= 0.3 is 5.97 Å². The van der Waals surface area contributed by atoms with Gasteiger partial charge in [-0.1, -0.05) is 18.2 Å². The van der Waals surface area contributed by atoms with Crippen molar-refractivity contribution in [1.29, 1.82) is 0 Å². The lowest BCUT2D eigenvalue weighted by molar-refractivity contribution is -0.139. The molecule has 0 N–H and O–H groups in total. The van der Waals surface area contributed by atoms with Gasteiger partial charge in [0.2, 0.25) is 5.78 Å². The monoisotopic (exact) mass is 234 g/mol. The second kappa shape index (κ2) is 4.45. The van der Waals surface area contributed by atoms with Crippen LogP contribution in [0, 0.1) is 0 Å². The van der Waals surface area contributed by atoms with Crippen molar-refractivity contribution in [2.24, 2.45) is 0 Å². The Kier molecular flexibility index (Phi) is 3.01. The number of esters is 1. The number of hydrogen-bond donors (Lipinski definition) is 0. The molecule has 1 aromatic carbocycles. The zero-order chi connectivity index (χ0) is 11.5. The first-order chi connectivity index (χ1) is 7.68.